The highest BCUT2D eigenvalue weighted by Crippen LogP contribution is 2.32. The topological polar surface area (TPSA) is 45.4 Å². The van der Waals surface area contributed by atoms with Gasteiger partial charge < -0.3 is 10.6 Å². The van der Waals surface area contributed by atoms with E-state index in [9.17, 15) is 0 Å². The van der Waals surface area contributed by atoms with Crippen molar-refractivity contribution in [1.29, 1.82) is 0 Å². The van der Waals surface area contributed by atoms with Crippen molar-refractivity contribution >= 4 is 17.2 Å². The van der Waals surface area contributed by atoms with Crippen LogP contribution in [0.5, 0.6) is 0 Å². The van der Waals surface area contributed by atoms with Crippen molar-refractivity contribution in [2.75, 3.05) is 24.7 Å². The molecule has 0 saturated heterocycles. The zero-order valence-corrected chi connectivity index (χ0v) is 13.2. The number of benzene rings is 1. The van der Waals surface area contributed by atoms with Crippen LogP contribution >= 0.6 is 0 Å². The van der Waals surface area contributed by atoms with Crippen LogP contribution in [0.3, 0.4) is 0 Å². The van der Waals surface area contributed by atoms with Gasteiger partial charge in [-0.25, -0.2) is 4.98 Å². The average molecular weight is 284 g/mol. The van der Waals surface area contributed by atoms with Crippen molar-refractivity contribution in [3.63, 3.8) is 0 Å². The lowest BCUT2D eigenvalue weighted by Crippen LogP contribution is -2.42. The SMILES string of the molecule is CCC(N(C)C)N(c1ccccc1)c1nc(C)ccc1N. The summed E-state index contributed by atoms with van der Waals surface area (Å²) in [7, 11) is 4.16. The second-order valence-corrected chi connectivity index (χ2v) is 5.42. The Balaban J connectivity index is 2.58. The molecule has 0 saturated carbocycles. The summed E-state index contributed by atoms with van der Waals surface area (Å²) in [6.45, 7) is 4.16. The van der Waals surface area contributed by atoms with Crippen LogP contribution in [0, 0.1) is 6.92 Å². The highest BCUT2D eigenvalue weighted by Gasteiger charge is 2.24. The number of nitrogen functional groups attached to an aromatic ring is 1. The molecule has 0 radical (unpaired) electrons. The summed E-state index contributed by atoms with van der Waals surface area (Å²) < 4.78 is 0. The van der Waals surface area contributed by atoms with Gasteiger partial charge in [-0.3, -0.25) is 4.90 Å². The number of rotatable bonds is 5. The summed E-state index contributed by atoms with van der Waals surface area (Å²) in [6, 6.07) is 14.2. The number of nitrogens with zero attached hydrogens (tertiary/aromatic N) is 3. The molecular weight excluding hydrogens is 260 g/mol. The van der Waals surface area contributed by atoms with Crippen molar-refractivity contribution < 1.29 is 0 Å². The van der Waals surface area contributed by atoms with Gasteiger partial charge in [-0.1, -0.05) is 25.1 Å². The Kier molecular flexibility index (Phi) is 4.81. The number of para-hydroxylation sites is 1. The minimum Gasteiger partial charge on any atom is -0.396 e. The summed E-state index contributed by atoms with van der Waals surface area (Å²) in [5.74, 6) is 0.821. The Hall–Kier alpha value is -2.07. The zero-order valence-electron chi connectivity index (χ0n) is 13.2. The van der Waals surface area contributed by atoms with E-state index < -0.39 is 0 Å². The van der Waals surface area contributed by atoms with Crippen molar-refractivity contribution in [3.05, 3.63) is 48.2 Å². The molecule has 1 unspecified atom stereocenters. The molecule has 1 atom stereocenters. The van der Waals surface area contributed by atoms with Crippen LogP contribution in [0.2, 0.25) is 0 Å². The molecule has 0 aliphatic heterocycles. The van der Waals surface area contributed by atoms with Gasteiger partial charge in [0.2, 0.25) is 0 Å². The quantitative estimate of drug-likeness (QED) is 0.855. The van der Waals surface area contributed by atoms with Gasteiger partial charge in [0.15, 0.2) is 5.82 Å². The first-order valence-corrected chi connectivity index (χ1v) is 7.28. The predicted molar refractivity (Wildman–Crippen MR) is 89.7 cm³/mol. The second kappa shape index (κ2) is 6.59. The van der Waals surface area contributed by atoms with E-state index in [0.717, 1.165) is 23.6 Å². The molecule has 4 nitrogen and oxygen atoms in total. The molecule has 1 heterocycles. The fourth-order valence-corrected chi connectivity index (χ4v) is 2.55. The largest absolute Gasteiger partial charge is 0.396 e. The zero-order chi connectivity index (χ0) is 15.4. The van der Waals surface area contributed by atoms with Crippen molar-refractivity contribution in [2.24, 2.45) is 0 Å². The first-order chi connectivity index (χ1) is 10.0. The number of nitrogens with two attached hydrogens (primary N) is 1. The average Bonchev–Trinajstić information content (AvgIpc) is 2.48. The Bertz CT molecular complexity index is 581. The van der Waals surface area contributed by atoms with E-state index in [-0.39, 0.29) is 6.17 Å². The van der Waals surface area contributed by atoms with Gasteiger partial charge in [0.05, 0.1) is 11.9 Å². The maximum Gasteiger partial charge on any atom is 0.157 e. The normalized spacial score (nSPS) is 12.4. The van der Waals surface area contributed by atoms with Gasteiger partial charge in [-0.2, -0.15) is 0 Å². The third-order valence-corrected chi connectivity index (χ3v) is 3.57. The number of pyridine rings is 1. The van der Waals surface area contributed by atoms with Crippen LogP contribution in [0.15, 0.2) is 42.5 Å². The van der Waals surface area contributed by atoms with E-state index >= 15 is 0 Å². The van der Waals surface area contributed by atoms with Crippen LogP contribution in [0.1, 0.15) is 19.0 Å². The van der Waals surface area contributed by atoms with E-state index in [4.69, 9.17) is 5.73 Å². The number of aryl methyl sites for hydroxylation is 1. The molecule has 1 aromatic heterocycles. The van der Waals surface area contributed by atoms with Crippen LogP contribution in [-0.2, 0) is 0 Å². The van der Waals surface area contributed by atoms with Crippen LogP contribution < -0.4 is 10.6 Å². The summed E-state index contributed by atoms with van der Waals surface area (Å²) in [5, 5.41) is 0. The van der Waals surface area contributed by atoms with Gasteiger partial charge in [0.25, 0.3) is 0 Å². The lowest BCUT2D eigenvalue weighted by Gasteiger charge is -2.37. The molecule has 112 valence electrons. The van der Waals surface area contributed by atoms with Crippen LogP contribution in [-0.4, -0.2) is 30.1 Å². The van der Waals surface area contributed by atoms with Crippen LogP contribution in [0.25, 0.3) is 0 Å². The standard InChI is InChI=1S/C17H24N4/c1-5-16(20(3)4)21(14-9-7-6-8-10-14)17-15(18)12-11-13(2)19-17/h6-12,16H,5,18H2,1-4H3. The van der Waals surface area contributed by atoms with Gasteiger partial charge in [-0.15, -0.1) is 0 Å². The summed E-state index contributed by atoms with van der Waals surface area (Å²) in [6.07, 6.45) is 1.17. The number of hydrogen-bond donors (Lipinski definition) is 1. The summed E-state index contributed by atoms with van der Waals surface area (Å²) >= 11 is 0. The molecule has 2 aromatic rings. The summed E-state index contributed by atoms with van der Waals surface area (Å²) in [5.41, 5.74) is 8.96. The third kappa shape index (κ3) is 3.34. The number of anilines is 3. The number of hydrogen-bond acceptors (Lipinski definition) is 4. The van der Waals surface area contributed by atoms with Gasteiger partial charge in [0, 0.05) is 11.4 Å². The molecule has 0 spiro atoms. The first-order valence-electron chi connectivity index (χ1n) is 7.28. The Morgan fingerprint density at radius 1 is 1.10 bits per heavy atom. The maximum atomic E-state index is 6.20. The molecule has 0 aliphatic rings. The van der Waals surface area contributed by atoms with E-state index in [1.54, 1.807) is 0 Å². The molecule has 4 heteroatoms. The van der Waals surface area contributed by atoms with Gasteiger partial charge >= 0.3 is 0 Å². The lowest BCUT2D eigenvalue weighted by atomic mass is 10.2. The molecule has 0 amide bonds. The highest BCUT2D eigenvalue weighted by atomic mass is 15.4. The fourth-order valence-electron chi connectivity index (χ4n) is 2.55. The molecule has 0 fully saturated rings. The maximum absolute atomic E-state index is 6.20. The lowest BCUT2D eigenvalue weighted by molar-refractivity contribution is 0.289. The molecule has 0 bridgehead atoms. The van der Waals surface area contributed by atoms with Gasteiger partial charge in [-0.05, 0) is 51.7 Å². The highest BCUT2D eigenvalue weighted by molar-refractivity contribution is 5.71. The van der Waals surface area contributed by atoms with Crippen molar-refractivity contribution in [2.45, 2.75) is 26.4 Å². The number of aromatic nitrogens is 1. The minimum atomic E-state index is 0.198. The smallest absolute Gasteiger partial charge is 0.157 e. The van der Waals surface area contributed by atoms with Gasteiger partial charge in [0.1, 0.15) is 0 Å². The third-order valence-electron chi connectivity index (χ3n) is 3.57. The second-order valence-electron chi connectivity index (χ2n) is 5.42. The van der Waals surface area contributed by atoms with E-state index in [0.29, 0.717) is 5.69 Å². The van der Waals surface area contributed by atoms with Crippen molar-refractivity contribution in [3.8, 4) is 0 Å². The van der Waals surface area contributed by atoms with E-state index in [1.165, 1.54) is 0 Å². The molecule has 1 aromatic carbocycles. The Morgan fingerprint density at radius 3 is 2.33 bits per heavy atom. The van der Waals surface area contributed by atoms with Crippen molar-refractivity contribution in [1.82, 2.24) is 9.88 Å². The van der Waals surface area contributed by atoms with E-state index in [1.807, 2.05) is 37.3 Å². The Morgan fingerprint density at radius 2 is 1.76 bits per heavy atom. The molecule has 2 rings (SSSR count). The van der Waals surface area contributed by atoms with Crippen LogP contribution in [0.4, 0.5) is 17.2 Å². The van der Waals surface area contributed by atoms with E-state index in [2.05, 4.69) is 47.9 Å². The summed E-state index contributed by atoms with van der Waals surface area (Å²) in [4.78, 5) is 9.08. The fraction of sp³-hybridized carbons (Fsp3) is 0.353. The Labute approximate surface area is 127 Å². The molecule has 21 heavy (non-hydrogen) atoms. The minimum absolute atomic E-state index is 0.198. The predicted octanol–water partition coefficient (Wildman–Crippen LogP) is 3.41. The molecule has 2 N–H and O–H groups in total. The molecule has 0 aliphatic carbocycles. The molecular formula is C17H24N4. The first kappa shape index (κ1) is 15.3. The monoisotopic (exact) mass is 284 g/mol.